The fourth-order valence-electron chi connectivity index (χ4n) is 2.44. The molecule has 0 saturated carbocycles. The number of hydrogen-bond donors (Lipinski definition) is 0. The van der Waals surface area contributed by atoms with Gasteiger partial charge in [-0.05, 0) is 24.8 Å². The number of morpholine rings is 1. The lowest BCUT2D eigenvalue weighted by Gasteiger charge is -2.26. The summed E-state index contributed by atoms with van der Waals surface area (Å²) in [6, 6.07) is 4.13. The summed E-state index contributed by atoms with van der Waals surface area (Å²) in [6.45, 7) is 4.78. The van der Waals surface area contributed by atoms with Gasteiger partial charge in [0.1, 0.15) is 0 Å². The van der Waals surface area contributed by atoms with Gasteiger partial charge < -0.3 is 9.64 Å². The maximum absolute atomic E-state index is 12.2. The maximum atomic E-state index is 12.2. The van der Waals surface area contributed by atoms with Crippen molar-refractivity contribution in [1.29, 1.82) is 0 Å². The predicted molar refractivity (Wildman–Crippen MR) is 85.9 cm³/mol. The molecule has 1 fully saturated rings. The first-order valence-corrected chi connectivity index (χ1v) is 8.79. The van der Waals surface area contributed by atoms with Crippen LogP contribution < -0.4 is 0 Å². The largest absolute Gasteiger partial charge is 0.378 e. The second-order valence-corrected chi connectivity index (χ2v) is 7.21. The Balaban J connectivity index is 1.66. The molecule has 0 N–H and O–H groups in total. The lowest BCUT2D eigenvalue weighted by Crippen LogP contribution is -2.40. The summed E-state index contributed by atoms with van der Waals surface area (Å²) in [4.78, 5) is 21.2. The van der Waals surface area contributed by atoms with Crippen LogP contribution in [0.25, 0.3) is 10.6 Å². The minimum absolute atomic E-state index is 0.224. The number of nitrogens with zero attached hydrogens (tertiary/aromatic N) is 2. The Morgan fingerprint density at radius 2 is 2.24 bits per heavy atom. The Morgan fingerprint density at radius 3 is 2.95 bits per heavy atom. The molecule has 6 heteroatoms. The molecule has 1 aliphatic heterocycles. The fraction of sp³-hybridized carbons (Fsp3) is 0.467. The van der Waals surface area contributed by atoms with Crippen LogP contribution in [-0.4, -0.2) is 42.1 Å². The van der Waals surface area contributed by atoms with Gasteiger partial charge in [0.15, 0.2) is 0 Å². The average Bonchev–Trinajstić information content (AvgIpc) is 3.14. The van der Waals surface area contributed by atoms with Crippen LogP contribution in [-0.2, 0) is 16.0 Å². The van der Waals surface area contributed by atoms with Gasteiger partial charge in [0.2, 0.25) is 5.91 Å². The van der Waals surface area contributed by atoms with Crippen LogP contribution in [0.4, 0.5) is 0 Å². The average molecular weight is 322 g/mol. The van der Waals surface area contributed by atoms with Gasteiger partial charge in [0.25, 0.3) is 0 Å². The molecule has 3 rings (SSSR count). The molecule has 2 aromatic heterocycles. The quantitative estimate of drug-likeness (QED) is 0.869. The Bertz CT molecular complexity index is 601. The highest BCUT2D eigenvalue weighted by atomic mass is 32.1. The minimum Gasteiger partial charge on any atom is -0.378 e. The molecule has 0 aromatic carbocycles. The number of aryl methyl sites for hydroxylation is 2. The molecule has 0 spiro atoms. The minimum atomic E-state index is 0.224. The van der Waals surface area contributed by atoms with Crippen molar-refractivity contribution in [2.45, 2.75) is 19.8 Å². The third-order valence-corrected chi connectivity index (χ3v) is 5.40. The summed E-state index contributed by atoms with van der Waals surface area (Å²) >= 11 is 3.40. The lowest BCUT2D eigenvalue weighted by molar-refractivity contribution is -0.135. The first-order valence-electron chi connectivity index (χ1n) is 7.10. The second kappa shape index (κ2) is 6.68. The third-order valence-electron chi connectivity index (χ3n) is 3.49. The lowest BCUT2D eigenvalue weighted by atomic mass is 10.2. The van der Waals surface area contributed by atoms with Crippen molar-refractivity contribution in [2.75, 3.05) is 26.3 Å². The van der Waals surface area contributed by atoms with E-state index in [0.29, 0.717) is 19.6 Å². The van der Waals surface area contributed by atoms with Crippen molar-refractivity contribution in [2.24, 2.45) is 0 Å². The van der Waals surface area contributed by atoms with E-state index in [1.165, 1.54) is 9.75 Å². The standard InChI is InChI=1S/C15H18N2O2S2/c1-11-16-15(12-3-2-10-20-12)13(21-11)4-5-14(18)17-6-8-19-9-7-17/h2-3,10H,4-9H2,1H3. The highest BCUT2D eigenvalue weighted by molar-refractivity contribution is 7.15. The van der Waals surface area contributed by atoms with Gasteiger partial charge >= 0.3 is 0 Å². The number of aromatic nitrogens is 1. The molecule has 1 aliphatic rings. The molecule has 0 radical (unpaired) electrons. The van der Waals surface area contributed by atoms with Gasteiger partial charge in [-0.25, -0.2) is 4.98 Å². The number of ether oxygens (including phenoxy) is 1. The van der Waals surface area contributed by atoms with E-state index in [-0.39, 0.29) is 5.91 Å². The van der Waals surface area contributed by atoms with Crippen molar-refractivity contribution >= 4 is 28.6 Å². The maximum Gasteiger partial charge on any atom is 0.223 e. The SMILES string of the molecule is Cc1nc(-c2cccs2)c(CCC(=O)N2CCOCC2)s1. The Morgan fingerprint density at radius 1 is 1.43 bits per heavy atom. The molecule has 21 heavy (non-hydrogen) atoms. The topological polar surface area (TPSA) is 42.4 Å². The van der Waals surface area contributed by atoms with Crippen LogP contribution in [0.1, 0.15) is 16.3 Å². The zero-order chi connectivity index (χ0) is 14.7. The Labute approximate surface area is 132 Å². The molecule has 4 nitrogen and oxygen atoms in total. The van der Waals surface area contributed by atoms with E-state index in [9.17, 15) is 4.79 Å². The van der Waals surface area contributed by atoms with Crippen LogP contribution in [0.5, 0.6) is 0 Å². The number of rotatable bonds is 4. The van der Waals surface area contributed by atoms with E-state index >= 15 is 0 Å². The summed E-state index contributed by atoms with van der Waals surface area (Å²) in [7, 11) is 0. The number of hydrogen-bond acceptors (Lipinski definition) is 5. The molecular weight excluding hydrogens is 304 g/mol. The Hall–Kier alpha value is -1.24. The van der Waals surface area contributed by atoms with Crippen molar-refractivity contribution in [3.63, 3.8) is 0 Å². The van der Waals surface area contributed by atoms with Crippen LogP contribution >= 0.6 is 22.7 Å². The van der Waals surface area contributed by atoms with Crippen LogP contribution in [0.2, 0.25) is 0 Å². The molecule has 112 valence electrons. The molecular formula is C15H18N2O2S2. The summed E-state index contributed by atoms with van der Waals surface area (Å²) < 4.78 is 5.28. The smallest absolute Gasteiger partial charge is 0.223 e. The van der Waals surface area contributed by atoms with E-state index in [1.807, 2.05) is 17.9 Å². The number of amides is 1. The van der Waals surface area contributed by atoms with Crippen LogP contribution in [0.3, 0.4) is 0 Å². The number of carbonyl (C=O) groups excluding carboxylic acids is 1. The summed E-state index contributed by atoms with van der Waals surface area (Å²) in [5, 5.41) is 3.12. The molecule has 0 aliphatic carbocycles. The first-order chi connectivity index (χ1) is 10.2. The van der Waals surface area contributed by atoms with Crippen molar-refractivity contribution in [3.8, 4) is 10.6 Å². The zero-order valence-corrected chi connectivity index (χ0v) is 13.6. The summed E-state index contributed by atoms with van der Waals surface area (Å²) in [5.74, 6) is 0.224. The molecule has 1 amide bonds. The molecule has 0 bridgehead atoms. The van der Waals surface area contributed by atoms with Crippen LogP contribution in [0.15, 0.2) is 17.5 Å². The molecule has 2 aromatic rings. The monoisotopic (exact) mass is 322 g/mol. The number of thiazole rings is 1. The van der Waals surface area contributed by atoms with Crippen molar-refractivity contribution in [3.05, 3.63) is 27.4 Å². The predicted octanol–water partition coefficient (Wildman–Crippen LogP) is 2.97. The highest BCUT2D eigenvalue weighted by Crippen LogP contribution is 2.32. The van der Waals surface area contributed by atoms with E-state index < -0.39 is 0 Å². The van der Waals surface area contributed by atoms with Gasteiger partial charge in [0, 0.05) is 24.4 Å². The van der Waals surface area contributed by atoms with E-state index in [0.717, 1.165) is 30.2 Å². The third kappa shape index (κ3) is 3.51. The van der Waals surface area contributed by atoms with Gasteiger partial charge in [-0.2, -0.15) is 0 Å². The highest BCUT2D eigenvalue weighted by Gasteiger charge is 2.18. The van der Waals surface area contributed by atoms with Crippen molar-refractivity contribution in [1.82, 2.24) is 9.88 Å². The van der Waals surface area contributed by atoms with E-state index in [2.05, 4.69) is 16.4 Å². The summed E-state index contributed by atoms with van der Waals surface area (Å²) in [5.41, 5.74) is 1.06. The van der Waals surface area contributed by atoms with Gasteiger partial charge in [-0.3, -0.25) is 4.79 Å². The molecule has 1 saturated heterocycles. The van der Waals surface area contributed by atoms with Crippen LogP contribution in [0, 0.1) is 6.92 Å². The van der Waals surface area contributed by atoms with Gasteiger partial charge in [-0.15, -0.1) is 22.7 Å². The molecule has 0 unspecified atom stereocenters. The zero-order valence-electron chi connectivity index (χ0n) is 12.0. The van der Waals surface area contributed by atoms with Gasteiger partial charge in [0.05, 0.1) is 28.8 Å². The summed E-state index contributed by atoms with van der Waals surface area (Å²) in [6.07, 6.45) is 1.33. The number of carbonyl (C=O) groups is 1. The molecule has 3 heterocycles. The number of thiophene rings is 1. The normalized spacial score (nSPS) is 15.4. The second-order valence-electron chi connectivity index (χ2n) is 4.98. The van der Waals surface area contributed by atoms with E-state index in [4.69, 9.17) is 4.74 Å². The Kier molecular flexibility index (Phi) is 4.67. The van der Waals surface area contributed by atoms with E-state index in [1.54, 1.807) is 22.7 Å². The molecule has 0 atom stereocenters. The fourth-order valence-corrected chi connectivity index (χ4v) is 4.19. The first kappa shape index (κ1) is 14.7. The van der Waals surface area contributed by atoms with Gasteiger partial charge in [-0.1, -0.05) is 6.07 Å². The van der Waals surface area contributed by atoms with Crippen molar-refractivity contribution < 1.29 is 9.53 Å².